The molecular weight excluding hydrogens is 613 g/mol. The van der Waals surface area contributed by atoms with Crippen LogP contribution in [0.15, 0.2) is 48.7 Å². The van der Waals surface area contributed by atoms with Crippen molar-refractivity contribution in [1.82, 2.24) is 35.1 Å². The molecule has 4 N–H and O–H groups in total. The van der Waals surface area contributed by atoms with Gasteiger partial charge in [-0.15, -0.1) is 10.2 Å². The molecule has 254 valence electrons. The van der Waals surface area contributed by atoms with Crippen LogP contribution in [0.1, 0.15) is 59.1 Å². The molecule has 0 aliphatic carbocycles. The maximum atomic E-state index is 14.2. The molecule has 2 saturated heterocycles. The maximum Gasteiger partial charge on any atom is 0.408 e. The zero-order valence-electron chi connectivity index (χ0n) is 27.6. The number of pyridine rings is 2. The van der Waals surface area contributed by atoms with Gasteiger partial charge in [-0.25, -0.2) is 9.78 Å². The zero-order chi connectivity index (χ0) is 34.2. The number of alkyl carbamates (subject to hydrolysis) is 1. The Morgan fingerprint density at radius 2 is 1.83 bits per heavy atom. The van der Waals surface area contributed by atoms with E-state index in [1.54, 1.807) is 36.6 Å². The molecule has 5 heterocycles. The molecule has 3 atom stereocenters. The number of methoxy groups -OCH3 is 1. The lowest BCUT2D eigenvalue weighted by Crippen LogP contribution is -2.49. The summed E-state index contributed by atoms with van der Waals surface area (Å²) in [4.78, 5) is 17.5. The summed E-state index contributed by atoms with van der Waals surface area (Å²) in [6.45, 7) is 11.6. The molecule has 1 amide bonds. The minimum atomic E-state index is -4.46. The molecule has 0 radical (unpaired) electrons. The van der Waals surface area contributed by atoms with E-state index >= 15 is 0 Å². The van der Waals surface area contributed by atoms with Crippen LogP contribution in [0, 0.1) is 0 Å². The Bertz CT molecular complexity index is 1730. The molecule has 1 aromatic carbocycles. The van der Waals surface area contributed by atoms with E-state index in [9.17, 15) is 18.0 Å². The number of nitrogens with one attached hydrogen (secondary N) is 2. The fourth-order valence-electron chi connectivity index (χ4n) is 5.91. The van der Waals surface area contributed by atoms with Crippen LogP contribution in [0.5, 0.6) is 5.75 Å². The van der Waals surface area contributed by atoms with E-state index in [0.717, 1.165) is 24.9 Å². The molecule has 6 rings (SSSR count). The van der Waals surface area contributed by atoms with Gasteiger partial charge in [0.25, 0.3) is 0 Å². The van der Waals surface area contributed by atoms with Crippen molar-refractivity contribution in [3.8, 4) is 17.3 Å². The average molecular weight is 657 g/mol. The maximum absolute atomic E-state index is 14.2. The zero-order valence-corrected chi connectivity index (χ0v) is 27.6. The van der Waals surface area contributed by atoms with Crippen LogP contribution in [0.4, 0.5) is 18.0 Å². The topological polar surface area (TPSA) is 132 Å². The van der Waals surface area contributed by atoms with Gasteiger partial charge >= 0.3 is 12.3 Å². The Morgan fingerprint density at radius 1 is 1.09 bits per heavy atom. The number of aromatic nitrogens is 4. The molecule has 14 heteroatoms. The monoisotopic (exact) mass is 656 g/mol. The SMILES string of the molecule is CC(C)(C)OC(=O)N[C@@]1(C)CCNC1.COc1ccc2ccc(-c3nnc4ccc([C@H](N5CC[C@](C)(N)C5)C(F)(F)F)cn34)nc2c1. The summed E-state index contributed by atoms with van der Waals surface area (Å²) in [7, 11) is 1.57. The normalized spacial score (nSPS) is 22.6. The second-order valence-corrected chi connectivity index (χ2v) is 13.9. The average Bonchev–Trinajstić information content (AvgIpc) is 3.68. The minimum absolute atomic E-state index is 0.108. The summed E-state index contributed by atoms with van der Waals surface area (Å²) in [6, 6.07) is 10.4. The standard InChI is InChI=1S/C23H23F3N6O.C10H20N2O2/c1-22(27)9-10-31(13-22)20(23(24,25)26)15-5-8-19-29-30-21(32(19)12-15)17-7-4-14-3-6-16(33-2)11-18(14)28-17;1-9(2,3)14-8(13)12-10(4)5-6-11-7-10/h3-8,11-12,20H,9-10,13,27H2,1-2H3;11H,5-7H2,1-4H3,(H,12,13)/t20-,22-;10-/m00/s1. The first-order valence-electron chi connectivity index (χ1n) is 15.6. The van der Waals surface area contributed by atoms with Crippen molar-refractivity contribution in [3.63, 3.8) is 0 Å². The van der Waals surface area contributed by atoms with Gasteiger partial charge in [-0.2, -0.15) is 13.2 Å². The summed E-state index contributed by atoms with van der Waals surface area (Å²) in [5.41, 5.74) is 6.63. The second kappa shape index (κ2) is 12.9. The van der Waals surface area contributed by atoms with Crippen LogP contribution < -0.4 is 21.1 Å². The Hall–Kier alpha value is -4.01. The summed E-state index contributed by atoms with van der Waals surface area (Å²) in [5.74, 6) is 1.02. The number of halogens is 3. The number of carbonyl (C=O) groups is 1. The summed E-state index contributed by atoms with van der Waals surface area (Å²) < 4.78 is 54.5. The van der Waals surface area contributed by atoms with Gasteiger partial charge in [0.1, 0.15) is 23.1 Å². The van der Waals surface area contributed by atoms with Crippen molar-refractivity contribution < 1.29 is 27.4 Å². The van der Waals surface area contributed by atoms with Gasteiger partial charge in [-0.1, -0.05) is 12.1 Å². The highest BCUT2D eigenvalue weighted by Crippen LogP contribution is 2.41. The van der Waals surface area contributed by atoms with Crippen molar-refractivity contribution >= 4 is 22.6 Å². The highest BCUT2D eigenvalue weighted by Gasteiger charge is 2.48. The molecule has 2 fully saturated rings. The Balaban J connectivity index is 0.000000261. The number of nitrogens with two attached hydrogens (primary N) is 1. The van der Waals surface area contributed by atoms with Crippen molar-refractivity contribution in [2.75, 3.05) is 33.3 Å². The Labute approximate surface area is 272 Å². The van der Waals surface area contributed by atoms with E-state index < -0.39 is 23.4 Å². The number of fused-ring (bicyclic) bond motifs is 2. The minimum Gasteiger partial charge on any atom is -0.497 e. The lowest BCUT2D eigenvalue weighted by Gasteiger charge is -2.31. The molecule has 3 aromatic heterocycles. The van der Waals surface area contributed by atoms with Gasteiger partial charge in [0.2, 0.25) is 0 Å². The van der Waals surface area contributed by atoms with Crippen LogP contribution in [-0.2, 0) is 4.74 Å². The van der Waals surface area contributed by atoms with E-state index in [4.69, 9.17) is 15.2 Å². The number of nitrogens with zero attached hydrogens (tertiary/aromatic N) is 5. The van der Waals surface area contributed by atoms with E-state index in [0.29, 0.717) is 34.9 Å². The van der Waals surface area contributed by atoms with E-state index in [1.807, 2.05) is 45.9 Å². The smallest absolute Gasteiger partial charge is 0.408 e. The lowest BCUT2D eigenvalue weighted by molar-refractivity contribution is -0.184. The predicted octanol–water partition coefficient (Wildman–Crippen LogP) is 5.24. The molecule has 0 unspecified atom stereocenters. The molecule has 2 aliphatic heterocycles. The van der Waals surface area contributed by atoms with Crippen LogP contribution in [0.25, 0.3) is 28.1 Å². The summed E-state index contributed by atoms with van der Waals surface area (Å²) >= 11 is 0. The molecule has 2 aliphatic rings. The first kappa shape index (κ1) is 34.3. The van der Waals surface area contributed by atoms with Gasteiger partial charge in [0, 0.05) is 42.8 Å². The van der Waals surface area contributed by atoms with Gasteiger partial charge in [0.15, 0.2) is 11.5 Å². The highest BCUT2D eigenvalue weighted by molar-refractivity contribution is 5.82. The molecule has 0 spiro atoms. The van der Waals surface area contributed by atoms with E-state index in [1.165, 1.54) is 17.2 Å². The molecule has 47 heavy (non-hydrogen) atoms. The van der Waals surface area contributed by atoms with Crippen molar-refractivity contribution in [1.29, 1.82) is 0 Å². The second-order valence-electron chi connectivity index (χ2n) is 13.9. The van der Waals surface area contributed by atoms with Crippen LogP contribution >= 0.6 is 0 Å². The number of alkyl halides is 3. The van der Waals surface area contributed by atoms with Gasteiger partial charge in [0.05, 0.1) is 18.2 Å². The quantitative estimate of drug-likeness (QED) is 0.264. The van der Waals surface area contributed by atoms with E-state index in [2.05, 4.69) is 25.8 Å². The van der Waals surface area contributed by atoms with Crippen LogP contribution in [0.3, 0.4) is 0 Å². The number of benzene rings is 1. The number of hydrogen-bond acceptors (Lipinski definition) is 9. The molecular formula is C33H43F3N8O3. The number of hydrogen-bond donors (Lipinski definition) is 3. The molecule has 11 nitrogen and oxygen atoms in total. The third kappa shape index (κ3) is 8.29. The first-order chi connectivity index (χ1) is 22.0. The molecule has 0 saturated carbocycles. The van der Waals surface area contributed by atoms with Gasteiger partial charge in [-0.3, -0.25) is 9.30 Å². The Morgan fingerprint density at radius 3 is 2.45 bits per heavy atom. The van der Waals surface area contributed by atoms with Gasteiger partial charge in [-0.05, 0) is 83.8 Å². The Kier molecular flexibility index (Phi) is 9.41. The first-order valence-corrected chi connectivity index (χ1v) is 15.6. The van der Waals surface area contributed by atoms with E-state index in [-0.39, 0.29) is 30.3 Å². The number of rotatable bonds is 5. The van der Waals surface area contributed by atoms with Crippen LogP contribution in [-0.4, -0.2) is 86.7 Å². The van der Waals surface area contributed by atoms with Crippen LogP contribution in [0.2, 0.25) is 0 Å². The largest absolute Gasteiger partial charge is 0.497 e. The third-order valence-corrected chi connectivity index (χ3v) is 8.25. The number of likely N-dealkylation sites (tertiary alicyclic amines) is 1. The number of carbonyl (C=O) groups excluding carboxylic acids is 1. The van der Waals surface area contributed by atoms with Crippen molar-refractivity contribution in [3.05, 3.63) is 54.2 Å². The fraction of sp³-hybridized carbons (Fsp3) is 0.515. The third-order valence-electron chi connectivity index (χ3n) is 8.25. The highest BCUT2D eigenvalue weighted by atomic mass is 19.4. The predicted molar refractivity (Wildman–Crippen MR) is 173 cm³/mol. The molecule has 0 bridgehead atoms. The van der Waals surface area contributed by atoms with Crippen molar-refractivity contribution in [2.24, 2.45) is 5.73 Å². The number of amides is 1. The summed E-state index contributed by atoms with van der Waals surface area (Å²) in [5, 5.41) is 15.3. The lowest BCUT2D eigenvalue weighted by atomic mass is 10.0. The fourth-order valence-corrected chi connectivity index (χ4v) is 5.91. The number of ether oxygens (including phenoxy) is 2. The molecule has 4 aromatic rings. The summed E-state index contributed by atoms with van der Waals surface area (Å²) in [6.07, 6.45) is -1.88. The van der Waals surface area contributed by atoms with Gasteiger partial charge < -0.3 is 25.8 Å². The van der Waals surface area contributed by atoms with Crippen molar-refractivity contribution in [2.45, 2.75) is 76.4 Å².